The Bertz CT molecular complexity index is 461. The molecule has 1 atom stereocenters. The highest BCUT2D eigenvalue weighted by molar-refractivity contribution is 5.96. The standard InChI is InChI=1S/C12H14FNO4/c1-7(17-2)11(15)14-10-6-8(12(16)18-3)4-5-9(10)13/h4-7H,1-3H3,(H,14,15). The van der Waals surface area contributed by atoms with Gasteiger partial charge in [-0.15, -0.1) is 0 Å². The molecule has 0 fully saturated rings. The van der Waals surface area contributed by atoms with Gasteiger partial charge >= 0.3 is 5.97 Å². The summed E-state index contributed by atoms with van der Waals surface area (Å²) in [4.78, 5) is 22.8. The van der Waals surface area contributed by atoms with Crippen molar-refractivity contribution in [3.8, 4) is 0 Å². The van der Waals surface area contributed by atoms with Crippen molar-refractivity contribution < 1.29 is 23.5 Å². The maximum absolute atomic E-state index is 13.5. The third-order valence-corrected chi connectivity index (χ3v) is 2.37. The number of anilines is 1. The van der Waals surface area contributed by atoms with Crippen LogP contribution in [0.15, 0.2) is 18.2 Å². The largest absolute Gasteiger partial charge is 0.465 e. The van der Waals surface area contributed by atoms with Crippen molar-refractivity contribution in [3.05, 3.63) is 29.6 Å². The number of halogens is 1. The molecule has 0 bridgehead atoms. The molecule has 1 aromatic carbocycles. The average molecular weight is 255 g/mol. The van der Waals surface area contributed by atoms with Crippen molar-refractivity contribution in [1.29, 1.82) is 0 Å². The number of hydrogen-bond donors (Lipinski definition) is 1. The van der Waals surface area contributed by atoms with E-state index in [1.807, 2.05) is 0 Å². The summed E-state index contributed by atoms with van der Waals surface area (Å²) in [7, 11) is 2.59. The molecule has 5 nitrogen and oxygen atoms in total. The van der Waals surface area contributed by atoms with E-state index in [9.17, 15) is 14.0 Å². The van der Waals surface area contributed by atoms with Crippen LogP contribution in [0.25, 0.3) is 0 Å². The van der Waals surface area contributed by atoms with E-state index in [0.29, 0.717) is 0 Å². The third kappa shape index (κ3) is 3.27. The van der Waals surface area contributed by atoms with Crippen molar-refractivity contribution in [2.45, 2.75) is 13.0 Å². The van der Waals surface area contributed by atoms with Crippen LogP contribution in [0.5, 0.6) is 0 Å². The molecule has 0 aliphatic rings. The summed E-state index contributed by atoms with van der Waals surface area (Å²) in [6, 6.07) is 3.57. The van der Waals surface area contributed by atoms with Crippen molar-refractivity contribution in [2.24, 2.45) is 0 Å². The number of hydrogen-bond acceptors (Lipinski definition) is 4. The van der Waals surface area contributed by atoms with E-state index < -0.39 is 23.8 Å². The molecule has 0 aliphatic heterocycles. The Kier molecular flexibility index (Phi) is 4.79. The molecular formula is C12H14FNO4. The summed E-state index contributed by atoms with van der Waals surface area (Å²) in [5.74, 6) is -1.75. The molecule has 6 heteroatoms. The first-order valence-electron chi connectivity index (χ1n) is 5.21. The molecule has 0 saturated carbocycles. The fourth-order valence-electron chi connectivity index (χ4n) is 1.21. The number of rotatable bonds is 4. The lowest BCUT2D eigenvalue weighted by Gasteiger charge is -2.11. The first-order valence-corrected chi connectivity index (χ1v) is 5.21. The molecule has 0 spiro atoms. The van der Waals surface area contributed by atoms with E-state index in [1.165, 1.54) is 33.3 Å². The van der Waals surface area contributed by atoms with Gasteiger partial charge in [0.05, 0.1) is 18.4 Å². The van der Waals surface area contributed by atoms with Crippen LogP contribution < -0.4 is 5.32 Å². The van der Waals surface area contributed by atoms with E-state index in [2.05, 4.69) is 10.1 Å². The van der Waals surface area contributed by atoms with Gasteiger partial charge in [0.15, 0.2) is 0 Å². The molecule has 18 heavy (non-hydrogen) atoms. The van der Waals surface area contributed by atoms with Gasteiger partial charge < -0.3 is 14.8 Å². The number of methoxy groups -OCH3 is 2. The van der Waals surface area contributed by atoms with Crippen LogP contribution in [0.2, 0.25) is 0 Å². The lowest BCUT2D eigenvalue weighted by molar-refractivity contribution is -0.124. The van der Waals surface area contributed by atoms with Gasteiger partial charge in [-0.2, -0.15) is 0 Å². The van der Waals surface area contributed by atoms with Crippen LogP contribution in [-0.4, -0.2) is 32.2 Å². The Morgan fingerprint density at radius 3 is 2.56 bits per heavy atom. The molecule has 0 heterocycles. The smallest absolute Gasteiger partial charge is 0.337 e. The lowest BCUT2D eigenvalue weighted by Crippen LogP contribution is -2.27. The Balaban J connectivity index is 2.94. The Morgan fingerprint density at radius 2 is 2.00 bits per heavy atom. The molecule has 1 unspecified atom stereocenters. The fraction of sp³-hybridized carbons (Fsp3) is 0.333. The van der Waals surface area contributed by atoms with Gasteiger partial charge in [0.2, 0.25) is 0 Å². The summed E-state index contributed by atoms with van der Waals surface area (Å²) in [5.41, 5.74) is 0.0612. The van der Waals surface area contributed by atoms with Crippen LogP contribution in [-0.2, 0) is 14.3 Å². The summed E-state index contributed by atoms with van der Waals surface area (Å²) in [5, 5.41) is 2.33. The molecule has 1 N–H and O–H groups in total. The Morgan fingerprint density at radius 1 is 1.33 bits per heavy atom. The number of benzene rings is 1. The summed E-state index contributed by atoms with van der Waals surface area (Å²) < 4.78 is 22.8. The van der Waals surface area contributed by atoms with Gasteiger partial charge in [0.1, 0.15) is 11.9 Å². The summed E-state index contributed by atoms with van der Waals surface area (Å²) in [6.07, 6.45) is -0.716. The van der Waals surface area contributed by atoms with Crippen molar-refractivity contribution in [1.82, 2.24) is 0 Å². The third-order valence-electron chi connectivity index (χ3n) is 2.37. The molecule has 1 amide bonds. The fourth-order valence-corrected chi connectivity index (χ4v) is 1.21. The minimum absolute atomic E-state index is 0.0909. The van der Waals surface area contributed by atoms with Crippen LogP contribution in [0.1, 0.15) is 17.3 Å². The zero-order valence-electron chi connectivity index (χ0n) is 10.3. The first-order chi connectivity index (χ1) is 8.49. The number of ether oxygens (including phenoxy) is 2. The molecule has 98 valence electrons. The first kappa shape index (κ1) is 14.1. The van der Waals surface area contributed by atoms with Gasteiger partial charge in [-0.05, 0) is 25.1 Å². The van der Waals surface area contributed by atoms with E-state index in [-0.39, 0.29) is 11.3 Å². The Hall–Kier alpha value is -1.95. The zero-order chi connectivity index (χ0) is 13.7. The Labute approximate surface area is 104 Å². The lowest BCUT2D eigenvalue weighted by atomic mass is 10.2. The van der Waals surface area contributed by atoms with Crippen molar-refractivity contribution in [2.75, 3.05) is 19.5 Å². The molecule has 1 aromatic rings. The number of amides is 1. The van der Waals surface area contributed by atoms with Crippen molar-refractivity contribution >= 4 is 17.6 Å². The highest BCUT2D eigenvalue weighted by atomic mass is 19.1. The molecule has 0 aromatic heterocycles. The predicted octanol–water partition coefficient (Wildman–Crippen LogP) is 1.59. The summed E-state index contributed by atoms with van der Waals surface area (Å²) >= 11 is 0. The zero-order valence-corrected chi connectivity index (χ0v) is 10.3. The minimum Gasteiger partial charge on any atom is -0.465 e. The van der Waals surface area contributed by atoms with E-state index in [4.69, 9.17) is 4.74 Å². The van der Waals surface area contributed by atoms with Crippen molar-refractivity contribution in [3.63, 3.8) is 0 Å². The highest BCUT2D eigenvalue weighted by Gasteiger charge is 2.15. The second kappa shape index (κ2) is 6.11. The van der Waals surface area contributed by atoms with Crippen LogP contribution >= 0.6 is 0 Å². The van der Waals surface area contributed by atoms with Gasteiger partial charge in [-0.3, -0.25) is 4.79 Å². The normalized spacial score (nSPS) is 11.8. The molecular weight excluding hydrogens is 241 g/mol. The van der Waals surface area contributed by atoms with Gasteiger partial charge in [0.25, 0.3) is 5.91 Å². The monoisotopic (exact) mass is 255 g/mol. The van der Waals surface area contributed by atoms with E-state index in [0.717, 1.165) is 6.07 Å². The maximum atomic E-state index is 13.5. The second-order valence-electron chi connectivity index (χ2n) is 3.55. The van der Waals surface area contributed by atoms with Crippen LogP contribution in [0, 0.1) is 5.82 Å². The highest BCUT2D eigenvalue weighted by Crippen LogP contribution is 2.17. The van der Waals surface area contributed by atoms with Crippen LogP contribution in [0.4, 0.5) is 10.1 Å². The number of esters is 1. The van der Waals surface area contributed by atoms with Gasteiger partial charge in [-0.1, -0.05) is 0 Å². The molecule has 0 saturated heterocycles. The average Bonchev–Trinajstić information content (AvgIpc) is 2.39. The molecule has 0 radical (unpaired) electrons. The predicted molar refractivity (Wildman–Crippen MR) is 62.8 cm³/mol. The minimum atomic E-state index is -0.716. The number of carbonyl (C=O) groups excluding carboxylic acids is 2. The summed E-state index contributed by atoms with van der Waals surface area (Å²) in [6.45, 7) is 1.53. The van der Waals surface area contributed by atoms with Crippen LogP contribution in [0.3, 0.4) is 0 Å². The quantitative estimate of drug-likeness (QED) is 0.830. The SMILES string of the molecule is COC(=O)c1ccc(F)c(NC(=O)C(C)OC)c1. The molecule has 0 aliphatic carbocycles. The number of carbonyl (C=O) groups is 2. The van der Waals surface area contributed by atoms with E-state index in [1.54, 1.807) is 0 Å². The molecule has 1 rings (SSSR count). The number of nitrogens with one attached hydrogen (secondary N) is 1. The topological polar surface area (TPSA) is 64.6 Å². The van der Waals surface area contributed by atoms with E-state index >= 15 is 0 Å². The van der Waals surface area contributed by atoms with Gasteiger partial charge in [-0.25, -0.2) is 9.18 Å². The second-order valence-corrected chi connectivity index (χ2v) is 3.55. The van der Waals surface area contributed by atoms with Gasteiger partial charge in [0, 0.05) is 7.11 Å². The maximum Gasteiger partial charge on any atom is 0.337 e.